The van der Waals surface area contributed by atoms with Crippen LogP contribution in [0.3, 0.4) is 0 Å². The smallest absolute Gasteiger partial charge is 0.234 e. The maximum atomic E-state index is 12.5. The number of amides is 2. The highest BCUT2D eigenvalue weighted by molar-refractivity contribution is 6.05. The molecular formula is C19H24N2O2. The number of likely N-dealkylation sites (tertiary alicyclic amines) is 1. The molecule has 1 aliphatic carbocycles. The highest BCUT2D eigenvalue weighted by atomic mass is 16.2. The molecule has 1 aliphatic heterocycles. The van der Waals surface area contributed by atoms with Gasteiger partial charge in [0.1, 0.15) is 0 Å². The lowest BCUT2D eigenvalue weighted by Gasteiger charge is -2.24. The van der Waals surface area contributed by atoms with E-state index in [0.29, 0.717) is 19.5 Å². The molecule has 0 unspecified atom stereocenters. The maximum Gasteiger partial charge on any atom is 0.234 e. The molecule has 3 rings (SSSR count). The average molecular weight is 312 g/mol. The Morgan fingerprint density at radius 2 is 1.70 bits per heavy atom. The van der Waals surface area contributed by atoms with Crippen molar-refractivity contribution >= 4 is 11.8 Å². The summed E-state index contributed by atoms with van der Waals surface area (Å²) in [5.74, 6) is -0.280. The molecule has 2 aliphatic rings. The van der Waals surface area contributed by atoms with E-state index in [9.17, 15) is 9.59 Å². The molecule has 1 aromatic rings. The zero-order valence-electron chi connectivity index (χ0n) is 14.1. The van der Waals surface area contributed by atoms with Gasteiger partial charge in [-0.05, 0) is 44.9 Å². The molecule has 0 radical (unpaired) electrons. The van der Waals surface area contributed by atoms with Gasteiger partial charge in [-0.3, -0.25) is 19.4 Å². The monoisotopic (exact) mass is 312 g/mol. The van der Waals surface area contributed by atoms with Crippen LogP contribution in [0.15, 0.2) is 30.4 Å². The number of rotatable bonds is 4. The molecule has 122 valence electrons. The summed E-state index contributed by atoms with van der Waals surface area (Å²) in [6, 6.07) is 6.39. The number of hydrogen-bond acceptors (Lipinski definition) is 3. The minimum atomic E-state index is -0.137. The maximum absolute atomic E-state index is 12.5. The van der Waals surface area contributed by atoms with Crippen molar-refractivity contribution in [2.24, 2.45) is 11.8 Å². The Labute approximate surface area is 137 Å². The summed E-state index contributed by atoms with van der Waals surface area (Å²) in [4.78, 5) is 28.5. The Kier molecular flexibility index (Phi) is 4.35. The molecule has 2 amide bonds. The van der Waals surface area contributed by atoms with Crippen molar-refractivity contribution in [3.05, 3.63) is 47.0 Å². The number of fused-ring (bicyclic) bond motifs is 1. The van der Waals surface area contributed by atoms with Crippen LogP contribution in [-0.2, 0) is 16.1 Å². The lowest BCUT2D eigenvalue weighted by molar-refractivity contribution is -0.142. The normalized spacial score (nSPS) is 23.7. The van der Waals surface area contributed by atoms with Crippen molar-refractivity contribution in [3.63, 3.8) is 0 Å². The Hall–Kier alpha value is -1.94. The number of allylic oxidation sites excluding steroid dienone is 2. The average Bonchev–Trinajstić information content (AvgIpc) is 2.76. The Bertz CT molecular complexity index is 639. The van der Waals surface area contributed by atoms with Crippen molar-refractivity contribution in [2.75, 3.05) is 13.7 Å². The van der Waals surface area contributed by atoms with Gasteiger partial charge in [0, 0.05) is 6.54 Å². The topological polar surface area (TPSA) is 40.6 Å². The molecule has 0 aromatic heterocycles. The zero-order chi connectivity index (χ0) is 16.6. The van der Waals surface area contributed by atoms with E-state index in [1.165, 1.54) is 21.6 Å². The van der Waals surface area contributed by atoms with Gasteiger partial charge in [0.25, 0.3) is 0 Å². The molecule has 1 aromatic carbocycles. The SMILES string of the molecule is Cc1ccc(CN(C)CN2C(=O)[C@H]3CC=CC[C@H]3C2=O)c(C)c1. The van der Waals surface area contributed by atoms with E-state index in [1.807, 2.05) is 24.1 Å². The summed E-state index contributed by atoms with van der Waals surface area (Å²) in [7, 11) is 1.96. The molecule has 23 heavy (non-hydrogen) atoms. The first-order valence-corrected chi connectivity index (χ1v) is 8.22. The molecule has 1 heterocycles. The third-order valence-electron chi connectivity index (χ3n) is 4.92. The second kappa shape index (κ2) is 6.28. The van der Waals surface area contributed by atoms with Crippen LogP contribution in [0.2, 0.25) is 0 Å². The summed E-state index contributed by atoms with van der Waals surface area (Å²) >= 11 is 0. The van der Waals surface area contributed by atoms with Crippen LogP contribution in [0.1, 0.15) is 29.5 Å². The van der Waals surface area contributed by atoms with Gasteiger partial charge in [0.15, 0.2) is 0 Å². The molecule has 2 atom stereocenters. The lowest BCUT2D eigenvalue weighted by atomic mass is 9.85. The second-order valence-electron chi connectivity index (χ2n) is 6.85. The van der Waals surface area contributed by atoms with E-state index < -0.39 is 0 Å². The summed E-state index contributed by atoms with van der Waals surface area (Å²) < 4.78 is 0. The molecule has 4 nitrogen and oxygen atoms in total. The van der Waals surface area contributed by atoms with Gasteiger partial charge in [0.2, 0.25) is 11.8 Å². The number of carbonyl (C=O) groups is 2. The summed E-state index contributed by atoms with van der Waals surface area (Å²) in [6.45, 7) is 5.29. The Balaban J connectivity index is 1.67. The van der Waals surface area contributed by atoms with Crippen LogP contribution in [0.4, 0.5) is 0 Å². The van der Waals surface area contributed by atoms with Crippen molar-refractivity contribution in [1.29, 1.82) is 0 Å². The first kappa shape index (κ1) is 15.9. The summed E-state index contributed by atoms with van der Waals surface area (Å²) in [5, 5.41) is 0. The molecule has 0 bridgehead atoms. The third-order valence-corrected chi connectivity index (χ3v) is 4.92. The highest BCUT2D eigenvalue weighted by Crippen LogP contribution is 2.35. The van der Waals surface area contributed by atoms with Crippen molar-refractivity contribution in [3.8, 4) is 0 Å². The first-order valence-electron chi connectivity index (χ1n) is 8.22. The predicted molar refractivity (Wildman–Crippen MR) is 89.5 cm³/mol. The molecule has 0 saturated carbocycles. The Morgan fingerprint density at radius 3 is 2.26 bits per heavy atom. The summed E-state index contributed by atoms with van der Waals surface area (Å²) in [6.07, 6.45) is 5.45. The van der Waals surface area contributed by atoms with Gasteiger partial charge in [-0.1, -0.05) is 35.9 Å². The van der Waals surface area contributed by atoms with E-state index in [4.69, 9.17) is 0 Å². The number of nitrogens with zero attached hydrogens (tertiary/aromatic N) is 2. The third kappa shape index (κ3) is 3.08. The molecule has 4 heteroatoms. The van der Waals surface area contributed by atoms with Crippen LogP contribution in [-0.4, -0.2) is 35.3 Å². The number of carbonyl (C=O) groups excluding carboxylic acids is 2. The number of hydrogen-bond donors (Lipinski definition) is 0. The van der Waals surface area contributed by atoms with Gasteiger partial charge in [-0.25, -0.2) is 0 Å². The highest BCUT2D eigenvalue weighted by Gasteiger charge is 2.47. The summed E-state index contributed by atoms with van der Waals surface area (Å²) in [5.41, 5.74) is 3.72. The predicted octanol–water partition coefficient (Wildman–Crippen LogP) is 2.64. The molecule has 1 saturated heterocycles. The van der Waals surface area contributed by atoms with Crippen LogP contribution < -0.4 is 0 Å². The molecule has 1 fully saturated rings. The fraction of sp³-hybridized carbons (Fsp3) is 0.474. The fourth-order valence-corrected chi connectivity index (χ4v) is 3.61. The van der Waals surface area contributed by atoms with Gasteiger partial charge in [0.05, 0.1) is 18.5 Å². The van der Waals surface area contributed by atoms with Crippen LogP contribution in [0, 0.1) is 25.7 Å². The number of imide groups is 1. The van der Waals surface area contributed by atoms with Gasteiger partial charge in [-0.15, -0.1) is 0 Å². The lowest BCUT2D eigenvalue weighted by Crippen LogP contribution is -2.40. The quantitative estimate of drug-likeness (QED) is 0.634. The van der Waals surface area contributed by atoms with E-state index in [1.54, 1.807) is 0 Å². The Morgan fingerprint density at radius 1 is 1.09 bits per heavy atom. The van der Waals surface area contributed by atoms with Gasteiger partial charge >= 0.3 is 0 Å². The minimum absolute atomic E-state index is 0.00294. The fourth-order valence-electron chi connectivity index (χ4n) is 3.61. The largest absolute Gasteiger partial charge is 0.284 e. The van der Waals surface area contributed by atoms with Crippen LogP contribution in [0.5, 0.6) is 0 Å². The van der Waals surface area contributed by atoms with E-state index in [-0.39, 0.29) is 23.7 Å². The number of benzene rings is 1. The van der Waals surface area contributed by atoms with E-state index in [2.05, 4.69) is 32.0 Å². The molecule has 0 spiro atoms. The van der Waals surface area contributed by atoms with Crippen molar-refractivity contribution in [1.82, 2.24) is 9.80 Å². The standard InChI is InChI=1S/C19H24N2O2/c1-13-8-9-15(14(2)10-13)11-20(3)12-21-18(22)16-6-4-5-7-17(16)19(21)23/h4-5,8-10,16-17H,6-7,11-12H2,1-3H3/t16-,17+. The van der Waals surface area contributed by atoms with Crippen molar-refractivity contribution in [2.45, 2.75) is 33.2 Å². The van der Waals surface area contributed by atoms with E-state index in [0.717, 1.165) is 6.54 Å². The second-order valence-corrected chi connectivity index (χ2v) is 6.85. The zero-order valence-corrected chi connectivity index (χ0v) is 14.1. The van der Waals surface area contributed by atoms with Gasteiger partial charge < -0.3 is 0 Å². The van der Waals surface area contributed by atoms with Gasteiger partial charge in [-0.2, -0.15) is 0 Å². The van der Waals surface area contributed by atoms with Crippen LogP contribution in [0.25, 0.3) is 0 Å². The van der Waals surface area contributed by atoms with Crippen molar-refractivity contribution < 1.29 is 9.59 Å². The number of aryl methyl sites for hydroxylation is 2. The van der Waals surface area contributed by atoms with Crippen LogP contribution >= 0.6 is 0 Å². The first-order chi connectivity index (χ1) is 11.0. The molecule has 0 N–H and O–H groups in total. The minimum Gasteiger partial charge on any atom is -0.284 e. The molecular weight excluding hydrogens is 288 g/mol. The van der Waals surface area contributed by atoms with E-state index >= 15 is 0 Å².